The Balaban J connectivity index is 5.32. The van der Waals surface area contributed by atoms with Crippen molar-refractivity contribution in [2.24, 2.45) is 0 Å². The second-order valence-electron chi connectivity index (χ2n) is 22.9. The van der Waals surface area contributed by atoms with E-state index < -0.39 is 26.6 Å². The molecule has 10 heteroatoms. The molecule has 0 saturated carbocycles. The Kier molecular flexibility index (Phi) is 56.9. The number of carbonyl (C=O) groups is 2. The molecule has 9 nitrogen and oxygen atoms in total. The van der Waals surface area contributed by atoms with Crippen LogP contribution in [0.1, 0.15) is 265 Å². The SMILES string of the molecule is CC/C=C\C/C=C\C/C=C\C/C=C\C/C=C\C/C=C\CCCCCCC(=O)NC(COP(=O)([O-])OCC[N+](C)(C)C)C(/C=C\CCCCCCCCCCCCC)OC(=O)CCCCCCCC/C=C\C/C=C\C/C=C\CCCCC. The van der Waals surface area contributed by atoms with Gasteiger partial charge in [-0.2, -0.15) is 0 Å². The minimum Gasteiger partial charge on any atom is -0.756 e. The van der Waals surface area contributed by atoms with Gasteiger partial charge in [0.1, 0.15) is 19.3 Å². The summed E-state index contributed by atoms with van der Waals surface area (Å²) in [6.45, 7) is 6.67. The van der Waals surface area contributed by atoms with Gasteiger partial charge in [-0.25, -0.2) is 0 Å². The summed E-state index contributed by atoms with van der Waals surface area (Å²) >= 11 is 0. The first kappa shape index (κ1) is 77.4. The maximum absolute atomic E-state index is 13.6. The molecule has 3 atom stereocenters. The van der Waals surface area contributed by atoms with Crippen LogP contribution in [0.15, 0.2) is 122 Å². The molecular formula is C71H123N2O7P. The Morgan fingerprint density at radius 2 is 0.790 bits per heavy atom. The number of phosphoric acid groups is 1. The molecule has 0 aliphatic heterocycles. The van der Waals surface area contributed by atoms with Crippen molar-refractivity contribution in [3.05, 3.63) is 122 Å². The molecule has 464 valence electrons. The van der Waals surface area contributed by atoms with Crippen LogP contribution in [0.25, 0.3) is 0 Å². The van der Waals surface area contributed by atoms with Crippen LogP contribution in [-0.4, -0.2) is 69.4 Å². The number of carbonyl (C=O) groups excluding carboxylic acids is 2. The second kappa shape index (κ2) is 59.6. The number of nitrogens with one attached hydrogen (secondary N) is 1. The number of allylic oxidation sites excluding steroid dienone is 19. The Hall–Kier alpha value is -3.59. The monoisotopic (exact) mass is 1150 g/mol. The topological polar surface area (TPSA) is 114 Å². The summed E-state index contributed by atoms with van der Waals surface area (Å²) in [5, 5.41) is 3.02. The number of phosphoric ester groups is 1. The lowest BCUT2D eigenvalue weighted by Gasteiger charge is -2.30. The highest BCUT2D eigenvalue weighted by atomic mass is 31.2. The van der Waals surface area contributed by atoms with Gasteiger partial charge in [0, 0.05) is 12.8 Å². The van der Waals surface area contributed by atoms with E-state index >= 15 is 0 Å². The first-order valence-electron chi connectivity index (χ1n) is 32.8. The van der Waals surface area contributed by atoms with Crippen LogP contribution in [0.2, 0.25) is 0 Å². The van der Waals surface area contributed by atoms with Gasteiger partial charge in [0.05, 0.1) is 33.8 Å². The van der Waals surface area contributed by atoms with E-state index in [0.29, 0.717) is 23.9 Å². The number of hydrogen-bond acceptors (Lipinski definition) is 7. The lowest BCUT2D eigenvalue weighted by Crippen LogP contribution is -2.47. The molecule has 0 aromatic heterocycles. The number of amides is 1. The van der Waals surface area contributed by atoms with Crippen LogP contribution in [0.5, 0.6) is 0 Å². The van der Waals surface area contributed by atoms with E-state index in [-0.39, 0.29) is 31.3 Å². The molecule has 0 rings (SSSR count). The normalized spacial score (nSPS) is 14.4. The first-order valence-corrected chi connectivity index (χ1v) is 34.3. The third kappa shape index (κ3) is 60.8. The Bertz CT molecular complexity index is 1800. The maximum atomic E-state index is 13.6. The standard InChI is InChI=1S/C71H123N2O7P/c1-7-10-13-16-19-22-25-28-30-32-34-35-36-37-39-40-42-45-48-51-54-57-60-63-70(74)72-68(67-79-81(76,77)78-66-65-73(4,5)6)69(62-59-56-53-50-47-44-27-24-21-18-15-12-9-3)80-71(75)64-61-58-55-52-49-46-43-41-38-33-31-29-26-23-20-17-14-11-8-2/h10,13,19-20,22-23,28-31,34-35,37-39,41-42,45,59,62,68-69H,7-9,11-12,14-18,21,24-27,32-33,36,40,43-44,46-58,60-61,63-67H2,1-6H3,(H-,72,74,76,77)/b13-10-,22-19-,23-20-,30-28-,31-29-,35-34-,39-37-,41-38-,45-42-,62-59-. The molecule has 3 unspecified atom stereocenters. The maximum Gasteiger partial charge on any atom is 0.306 e. The van der Waals surface area contributed by atoms with Crippen LogP contribution in [0.3, 0.4) is 0 Å². The molecule has 0 bridgehead atoms. The number of quaternary nitrogens is 1. The second-order valence-corrected chi connectivity index (χ2v) is 24.3. The third-order valence-corrected chi connectivity index (χ3v) is 14.8. The van der Waals surface area contributed by atoms with Crippen LogP contribution < -0.4 is 10.2 Å². The molecule has 0 saturated heterocycles. The molecule has 0 heterocycles. The summed E-state index contributed by atoms with van der Waals surface area (Å²) in [6, 6.07) is -0.917. The molecule has 81 heavy (non-hydrogen) atoms. The molecule has 0 spiro atoms. The minimum absolute atomic E-state index is 0.0364. The van der Waals surface area contributed by atoms with Crippen molar-refractivity contribution in [1.29, 1.82) is 0 Å². The average Bonchev–Trinajstić information content (AvgIpc) is 3.44. The highest BCUT2D eigenvalue weighted by Crippen LogP contribution is 2.38. The predicted molar refractivity (Wildman–Crippen MR) is 348 cm³/mol. The Labute approximate surface area is 499 Å². The van der Waals surface area contributed by atoms with E-state index in [1.807, 2.05) is 33.3 Å². The Morgan fingerprint density at radius 1 is 0.444 bits per heavy atom. The lowest BCUT2D eigenvalue weighted by molar-refractivity contribution is -0.870. The third-order valence-electron chi connectivity index (χ3n) is 13.9. The van der Waals surface area contributed by atoms with Crippen molar-refractivity contribution >= 4 is 19.7 Å². The predicted octanol–water partition coefficient (Wildman–Crippen LogP) is 20.0. The van der Waals surface area contributed by atoms with Gasteiger partial charge in [-0.15, -0.1) is 0 Å². The van der Waals surface area contributed by atoms with Gasteiger partial charge >= 0.3 is 5.97 Å². The molecule has 0 aliphatic rings. The number of hydrogen-bond donors (Lipinski definition) is 1. The molecule has 0 aromatic carbocycles. The summed E-state index contributed by atoms with van der Waals surface area (Å²) in [5.41, 5.74) is 0. The number of rotatable bonds is 58. The molecule has 0 fully saturated rings. The van der Waals surface area contributed by atoms with Gasteiger partial charge < -0.3 is 28.5 Å². The van der Waals surface area contributed by atoms with Crippen molar-refractivity contribution in [1.82, 2.24) is 5.32 Å². The number of ether oxygens (including phenoxy) is 1. The highest BCUT2D eigenvalue weighted by Gasteiger charge is 2.27. The quantitative estimate of drug-likeness (QED) is 0.0212. The van der Waals surface area contributed by atoms with Gasteiger partial charge in [0.25, 0.3) is 7.82 Å². The smallest absolute Gasteiger partial charge is 0.306 e. The summed E-state index contributed by atoms with van der Waals surface area (Å²) in [5.74, 6) is -0.590. The number of nitrogens with zero attached hydrogens (tertiary/aromatic N) is 1. The molecular weight excluding hydrogens is 1020 g/mol. The molecule has 0 aliphatic carbocycles. The van der Waals surface area contributed by atoms with Gasteiger partial charge in [0.2, 0.25) is 5.91 Å². The van der Waals surface area contributed by atoms with Crippen LogP contribution in [-0.2, 0) is 27.9 Å². The van der Waals surface area contributed by atoms with Crippen molar-refractivity contribution in [2.45, 2.75) is 277 Å². The van der Waals surface area contributed by atoms with E-state index in [4.69, 9.17) is 13.8 Å². The van der Waals surface area contributed by atoms with Gasteiger partial charge in [-0.3, -0.25) is 14.2 Å². The van der Waals surface area contributed by atoms with E-state index in [9.17, 15) is 19.0 Å². The zero-order valence-electron chi connectivity index (χ0n) is 52.9. The van der Waals surface area contributed by atoms with Gasteiger partial charge in [-0.05, 0) is 122 Å². The summed E-state index contributed by atoms with van der Waals surface area (Å²) < 4.78 is 30.4. The highest BCUT2D eigenvalue weighted by molar-refractivity contribution is 7.45. The van der Waals surface area contributed by atoms with E-state index in [0.717, 1.165) is 135 Å². The van der Waals surface area contributed by atoms with Crippen molar-refractivity contribution in [2.75, 3.05) is 40.9 Å². The van der Waals surface area contributed by atoms with Crippen molar-refractivity contribution < 1.29 is 37.3 Å². The zero-order valence-corrected chi connectivity index (χ0v) is 53.8. The molecule has 0 radical (unpaired) electrons. The largest absolute Gasteiger partial charge is 0.756 e. The molecule has 0 aromatic rings. The summed E-state index contributed by atoms with van der Waals surface area (Å²) in [6.07, 6.45) is 83.0. The van der Waals surface area contributed by atoms with Gasteiger partial charge in [0.15, 0.2) is 0 Å². The zero-order chi connectivity index (χ0) is 59.3. The van der Waals surface area contributed by atoms with E-state index in [2.05, 4.69) is 135 Å². The lowest BCUT2D eigenvalue weighted by atomic mass is 10.0. The van der Waals surface area contributed by atoms with Crippen LogP contribution in [0.4, 0.5) is 0 Å². The van der Waals surface area contributed by atoms with Crippen molar-refractivity contribution in [3.63, 3.8) is 0 Å². The first-order chi connectivity index (χ1) is 39.4. The average molecular weight is 1150 g/mol. The summed E-state index contributed by atoms with van der Waals surface area (Å²) in [7, 11) is 1.14. The fourth-order valence-corrected chi connectivity index (χ4v) is 9.55. The fraction of sp³-hybridized carbons (Fsp3) is 0.690. The number of esters is 1. The molecule has 1 N–H and O–H groups in total. The minimum atomic E-state index is -4.72. The number of unbranched alkanes of at least 4 members (excludes halogenated alkanes) is 24. The van der Waals surface area contributed by atoms with E-state index in [1.54, 1.807) is 0 Å². The molecule has 1 amide bonds. The summed E-state index contributed by atoms with van der Waals surface area (Å²) in [4.78, 5) is 40.1. The van der Waals surface area contributed by atoms with Crippen LogP contribution >= 0.6 is 7.82 Å². The fourth-order valence-electron chi connectivity index (χ4n) is 8.83. The van der Waals surface area contributed by atoms with Crippen LogP contribution in [0, 0.1) is 0 Å². The number of likely N-dealkylation sites (N-methyl/N-ethyl adjacent to an activating group) is 1. The Morgan fingerprint density at radius 3 is 1.21 bits per heavy atom. The van der Waals surface area contributed by atoms with Gasteiger partial charge in [-0.1, -0.05) is 252 Å². The van der Waals surface area contributed by atoms with E-state index in [1.165, 1.54) is 83.5 Å². The van der Waals surface area contributed by atoms with Crippen molar-refractivity contribution in [3.8, 4) is 0 Å².